The number of benzene rings is 1. The summed E-state index contributed by atoms with van der Waals surface area (Å²) in [4.78, 5) is 1.32. The van der Waals surface area contributed by atoms with Crippen molar-refractivity contribution in [1.29, 1.82) is 0 Å². The highest BCUT2D eigenvalue weighted by molar-refractivity contribution is 7.99. The van der Waals surface area contributed by atoms with Crippen LogP contribution >= 0.6 is 11.8 Å². The highest BCUT2D eigenvalue weighted by Gasteiger charge is 2.05. The molecule has 0 saturated heterocycles. The van der Waals surface area contributed by atoms with Crippen molar-refractivity contribution in [2.24, 2.45) is 5.73 Å². The van der Waals surface area contributed by atoms with E-state index in [2.05, 4.69) is 31.2 Å². The SMILES string of the molecule is CCSc1ccc(C(N)CCCOC)cc1. The molecule has 0 radical (unpaired) electrons. The third-order valence-corrected chi connectivity index (χ3v) is 3.38. The maximum Gasteiger partial charge on any atom is 0.0462 e. The van der Waals surface area contributed by atoms with Gasteiger partial charge in [-0.2, -0.15) is 0 Å². The maximum absolute atomic E-state index is 6.10. The quantitative estimate of drug-likeness (QED) is 0.586. The van der Waals surface area contributed by atoms with E-state index in [1.807, 2.05) is 11.8 Å². The number of nitrogens with two attached hydrogens (primary N) is 1. The van der Waals surface area contributed by atoms with Gasteiger partial charge >= 0.3 is 0 Å². The van der Waals surface area contributed by atoms with Crippen molar-refractivity contribution in [3.63, 3.8) is 0 Å². The highest BCUT2D eigenvalue weighted by atomic mass is 32.2. The van der Waals surface area contributed by atoms with Gasteiger partial charge in [-0.05, 0) is 36.3 Å². The topological polar surface area (TPSA) is 35.2 Å². The molecular formula is C13H21NOS. The molecule has 0 spiro atoms. The van der Waals surface area contributed by atoms with Crippen LogP contribution in [0.15, 0.2) is 29.2 Å². The Balaban J connectivity index is 2.46. The van der Waals surface area contributed by atoms with E-state index in [1.54, 1.807) is 7.11 Å². The van der Waals surface area contributed by atoms with Gasteiger partial charge in [-0.3, -0.25) is 0 Å². The molecule has 1 aromatic carbocycles. The van der Waals surface area contributed by atoms with E-state index in [0.29, 0.717) is 0 Å². The molecule has 0 amide bonds. The molecule has 16 heavy (non-hydrogen) atoms. The highest BCUT2D eigenvalue weighted by Crippen LogP contribution is 2.21. The van der Waals surface area contributed by atoms with Crippen LogP contribution in [0.4, 0.5) is 0 Å². The molecule has 90 valence electrons. The first-order valence-electron chi connectivity index (χ1n) is 5.75. The molecule has 2 N–H and O–H groups in total. The molecular weight excluding hydrogens is 218 g/mol. The first kappa shape index (κ1) is 13.6. The van der Waals surface area contributed by atoms with Gasteiger partial charge in [0.25, 0.3) is 0 Å². The Labute approximate surface area is 103 Å². The Hall–Kier alpha value is -0.510. The molecule has 0 bridgehead atoms. The molecule has 3 heteroatoms. The molecule has 1 rings (SSSR count). The Bertz CT molecular complexity index is 286. The fraction of sp³-hybridized carbons (Fsp3) is 0.538. The summed E-state index contributed by atoms with van der Waals surface area (Å²) < 4.78 is 5.02. The first-order valence-corrected chi connectivity index (χ1v) is 6.73. The number of rotatable bonds is 7. The van der Waals surface area contributed by atoms with Crippen molar-refractivity contribution < 1.29 is 4.74 Å². The van der Waals surface area contributed by atoms with Gasteiger partial charge in [-0.15, -0.1) is 11.8 Å². The van der Waals surface area contributed by atoms with Gasteiger partial charge in [0.2, 0.25) is 0 Å². The molecule has 0 heterocycles. The van der Waals surface area contributed by atoms with Gasteiger partial charge in [-0.1, -0.05) is 19.1 Å². The Morgan fingerprint density at radius 3 is 2.56 bits per heavy atom. The van der Waals surface area contributed by atoms with Gasteiger partial charge in [0, 0.05) is 24.7 Å². The molecule has 0 fully saturated rings. The monoisotopic (exact) mass is 239 g/mol. The predicted octanol–water partition coefficient (Wildman–Crippen LogP) is 3.23. The minimum absolute atomic E-state index is 0.135. The van der Waals surface area contributed by atoms with Gasteiger partial charge in [-0.25, -0.2) is 0 Å². The second-order valence-electron chi connectivity index (χ2n) is 3.74. The van der Waals surface area contributed by atoms with Gasteiger partial charge < -0.3 is 10.5 Å². The average molecular weight is 239 g/mol. The molecule has 0 aliphatic carbocycles. The largest absolute Gasteiger partial charge is 0.385 e. The van der Waals surface area contributed by atoms with Crippen molar-refractivity contribution in [3.8, 4) is 0 Å². The lowest BCUT2D eigenvalue weighted by Gasteiger charge is -2.12. The molecule has 0 saturated carbocycles. The Morgan fingerprint density at radius 2 is 2.00 bits per heavy atom. The summed E-state index contributed by atoms with van der Waals surface area (Å²) in [5.74, 6) is 1.11. The van der Waals surface area contributed by atoms with E-state index in [1.165, 1.54) is 10.5 Å². The summed E-state index contributed by atoms with van der Waals surface area (Å²) in [7, 11) is 1.72. The van der Waals surface area contributed by atoms with Crippen molar-refractivity contribution >= 4 is 11.8 Å². The number of hydrogen-bond acceptors (Lipinski definition) is 3. The second kappa shape index (κ2) is 7.71. The molecule has 0 aromatic heterocycles. The average Bonchev–Trinajstić information content (AvgIpc) is 2.30. The zero-order valence-corrected chi connectivity index (χ0v) is 10.9. The summed E-state index contributed by atoms with van der Waals surface area (Å²) in [6.07, 6.45) is 2.00. The lowest BCUT2D eigenvalue weighted by atomic mass is 10.0. The number of ether oxygens (including phenoxy) is 1. The normalized spacial score (nSPS) is 12.7. The van der Waals surface area contributed by atoms with Crippen LogP contribution in [0.2, 0.25) is 0 Å². The zero-order chi connectivity index (χ0) is 11.8. The third kappa shape index (κ3) is 4.56. The van der Waals surface area contributed by atoms with E-state index in [4.69, 9.17) is 10.5 Å². The van der Waals surface area contributed by atoms with Crippen molar-refractivity contribution in [2.75, 3.05) is 19.5 Å². The van der Waals surface area contributed by atoms with Crippen LogP contribution in [-0.2, 0) is 4.74 Å². The summed E-state index contributed by atoms with van der Waals surface area (Å²) in [5, 5.41) is 0. The molecule has 1 atom stereocenters. The van der Waals surface area contributed by atoms with E-state index >= 15 is 0 Å². The Morgan fingerprint density at radius 1 is 1.31 bits per heavy atom. The number of hydrogen-bond donors (Lipinski definition) is 1. The van der Waals surface area contributed by atoms with E-state index < -0.39 is 0 Å². The second-order valence-corrected chi connectivity index (χ2v) is 5.08. The number of methoxy groups -OCH3 is 1. The molecule has 0 aliphatic heterocycles. The molecule has 1 aromatic rings. The van der Waals surface area contributed by atoms with Crippen LogP contribution in [0, 0.1) is 0 Å². The molecule has 0 aliphatic rings. The summed E-state index contributed by atoms with van der Waals surface area (Å²) in [6.45, 7) is 2.95. The van der Waals surface area contributed by atoms with Crippen LogP contribution in [-0.4, -0.2) is 19.5 Å². The van der Waals surface area contributed by atoms with Crippen LogP contribution in [0.3, 0.4) is 0 Å². The fourth-order valence-corrected chi connectivity index (χ4v) is 2.25. The standard InChI is InChI=1S/C13H21NOS/c1-3-16-12-8-6-11(7-9-12)13(14)5-4-10-15-2/h6-9,13H,3-5,10,14H2,1-2H3. The fourth-order valence-electron chi connectivity index (χ4n) is 1.59. The molecule has 2 nitrogen and oxygen atoms in total. The van der Waals surface area contributed by atoms with E-state index in [9.17, 15) is 0 Å². The van der Waals surface area contributed by atoms with Crippen LogP contribution in [0.5, 0.6) is 0 Å². The zero-order valence-electron chi connectivity index (χ0n) is 10.1. The van der Waals surface area contributed by atoms with E-state index in [-0.39, 0.29) is 6.04 Å². The Kier molecular flexibility index (Phi) is 6.53. The van der Waals surface area contributed by atoms with Crippen LogP contribution < -0.4 is 5.73 Å². The summed E-state index contributed by atoms with van der Waals surface area (Å²) in [5.41, 5.74) is 7.32. The van der Waals surface area contributed by atoms with Gasteiger partial charge in [0.05, 0.1) is 0 Å². The summed E-state index contributed by atoms with van der Waals surface area (Å²) >= 11 is 1.86. The molecule has 1 unspecified atom stereocenters. The third-order valence-electron chi connectivity index (χ3n) is 2.48. The lowest BCUT2D eigenvalue weighted by Crippen LogP contribution is -2.10. The first-order chi connectivity index (χ1) is 7.77. The number of thioether (sulfide) groups is 1. The van der Waals surface area contributed by atoms with Crippen LogP contribution in [0.1, 0.15) is 31.4 Å². The smallest absolute Gasteiger partial charge is 0.0462 e. The predicted molar refractivity (Wildman–Crippen MR) is 70.9 cm³/mol. The minimum Gasteiger partial charge on any atom is -0.385 e. The maximum atomic E-state index is 6.10. The lowest BCUT2D eigenvalue weighted by molar-refractivity contribution is 0.190. The summed E-state index contributed by atoms with van der Waals surface area (Å²) in [6, 6.07) is 8.71. The van der Waals surface area contributed by atoms with Crippen molar-refractivity contribution in [3.05, 3.63) is 29.8 Å². The van der Waals surface area contributed by atoms with E-state index in [0.717, 1.165) is 25.2 Å². The van der Waals surface area contributed by atoms with Crippen molar-refractivity contribution in [2.45, 2.75) is 30.7 Å². The van der Waals surface area contributed by atoms with Crippen LogP contribution in [0.25, 0.3) is 0 Å². The van der Waals surface area contributed by atoms with Gasteiger partial charge in [0.1, 0.15) is 0 Å². The van der Waals surface area contributed by atoms with Gasteiger partial charge in [0.15, 0.2) is 0 Å². The van der Waals surface area contributed by atoms with Crippen molar-refractivity contribution in [1.82, 2.24) is 0 Å². The minimum atomic E-state index is 0.135.